The Morgan fingerprint density at radius 1 is 1.10 bits per heavy atom. The fourth-order valence-electron chi connectivity index (χ4n) is 2.27. The topological polar surface area (TPSA) is 47.6 Å². The van der Waals surface area contributed by atoms with Crippen LogP contribution in [0.25, 0.3) is 0 Å². The number of hydrogen-bond donors (Lipinski definition) is 1. The summed E-state index contributed by atoms with van der Waals surface area (Å²) in [7, 11) is 0. The highest BCUT2D eigenvalue weighted by Crippen LogP contribution is 2.21. The van der Waals surface area contributed by atoms with Gasteiger partial charge in [0.15, 0.2) is 0 Å². The molecule has 0 spiro atoms. The van der Waals surface area contributed by atoms with Gasteiger partial charge in [0, 0.05) is 13.0 Å². The van der Waals surface area contributed by atoms with Gasteiger partial charge in [0.2, 0.25) is 0 Å². The Bertz CT molecular complexity index is 612. The van der Waals surface area contributed by atoms with E-state index in [4.69, 9.17) is 9.47 Å². The van der Waals surface area contributed by atoms with Crippen molar-refractivity contribution < 1.29 is 14.3 Å². The van der Waals surface area contributed by atoms with E-state index in [0.29, 0.717) is 13.2 Å². The van der Waals surface area contributed by atoms with E-state index >= 15 is 0 Å². The summed E-state index contributed by atoms with van der Waals surface area (Å²) in [6, 6.07) is 17.3. The maximum Gasteiger partial charge on any atom is 0.323 e. The maximum absolute atomic E-state index is 11.4. The highest BCUT2D eigenvalue weighted by atomic mass is 16.5. The molecule has 2 aromatic rings. The third-order valence-electron chi connectivity index (χ3n) is 3.37. The van der Waals surface area contributed by atoms with E-state index in [1.165, 1.54) is 0 Å². The van der Waals surface area contributed by atoms with Crippen LogP contribution in [0, 0.1) is 0 Å². The summed E-state index contributed by atoms with van der Waals surface area (Å²) in [5.41, 5.74) is 1.07. The number of hydrogen-bond acceptors (Lipinski definition) is 4. The van der Waals surface area contributed by atoms with Gasteiger partial charge in [-0.3, -0.25) is 4.79 Å². The number of para-hydroxylation sites is 1. The third-order valence-corrected chi connectivity index (χ3v) is 3.37. The molecule has 4 nitrogen and oxygen atoms in total. The van der Waals surface area contributed by atoms with Crippen molar-refractivity contribution in [2.75, 3.05) is 6.61 Å². The number of cyclic esters (lactones) is 1. The first kappa shape index (κ1) is 13.6. The van der Waals surface area contributed by atoms with Gasteiger partial charge in [-0.1, -0.05) is 30.3 Å². The van der Waals surface area contributed by atoms with Crippen molar-refractivity contribution in [2.24, 2.45) is 0 Å². The predicted octanol–water partition coefficient (Wildman–Crippen LogP) is 2.88. The van der Waals surface area contributed by atoms with Crippen molar-refractivity contribution in [3.8, 4) is 11.5 Å². The van der Waals surface area contributed by atoms with Gasteiger partial charge in [-0.05, 0) is 29.8 Å². The van der Waals surface area contributed by atoms with Crippen molar-refractivity contribution in [3.63, 3.8) is 0 Å². The van der Waals surface area contributed by atoms with E-state index in [-0.39, 0.29) is 12.0 Å². The second-order valence-electron chi connectivity index (χ2n) is 4.95. The first-order valence-electron chi connectivity index (χ1n) is 7.03. The van der Waals surface area contributed by atoms with Gasteiger partial charge in [0.05, 0.1) is 6.61 Å². The van der Waals surface area contributed by atoms with Crippen LogP contribution in [-0.4, -0.2) is 18.6 Å². The molecule has 3 rings (SSSR count). The van der Waals surface area contributed by atoms with E-state index in [2.05, 4.69) is 5.32 Å². The molecule has 0 aliphatic carbocycles. The van der Waals surface area contributed by atoms with Gasteiger partial charge in [0.1, 0.15) is 17.5 Å². The summed E-state index contributed by atoms with van der Waals surface area (Å²) in [5, 5.41) is 3.21. The zero-order chi connectivity index (χ0) is 14.5. The minimum atomic E-state index is -0.191. The zero-order valence-corrected chi connectivity index (χ0v) is 11.6. The van der Waals surface area contributed by atoms with Crippen molar-refractivity contribution in [3.05, 3.63) is 60.2 Å². The van der Waals surface area contributed by atoms with Crippen molar-refractivity contribution in [1.82, 2.24) is 5.32 Å². The number of benzene rings is 2. The predicted molar refractivity (Wildman–Crippen MR) is 79.2 cm³/mol. The first-order chi connectivity index (χ1) is 10.3. The lowest BCUT2D eigenvalue weighted by molar-refractivity contribution is -0.139. The van der Waals surface area contributed by atoms with Crippen LogP contribution < -0.4 is 10.1 Å². The molecule has 0 saturated carbocycles. The summed E-state index contributed by atoms with van der Waals surface area (Å²) in [4.78, 5) is 11.4. The smallest absolute Gasteiger partial charge is 0.323 e. The molecule has 0 aromatic heterocycles. The number of carbonyl (C=O) groups is 1. The zero-order valence-electron chi connectivity index (χ0n) is 11.6. The van der Waals surface area contributed by atoms with Crippen LogP contribution in [0.1, 0.15) is 12.0 Å². The number of esters is 1. The highest BCUT2D eigenvalue weighted by Gasteiger charge is 2.25. The van der Waals surface area contributed by atoms with Crippen LogP contribution in [0.15, 0.2) is 54.6 Å². The number of ether oxygens (including phenoxy) is 2. The van der Waals surface area contributed by atoms with Crippen LogP contribution in [0.5, 0.6) is 11.5 Å². The monoisotopic (exact) mass is 283 g/mol. The fourth-order valence-corrected chi connectivity index (χ4v) is 2.27. The number of nitrogens with one attached hydrogen (secondary N) is 1. The van der Waals surface area contributed by atoms with E-state index in [9.17, 15) is 4.79 Å². The Morgan fingerprint density at radius 3 is 2.67 bits per heavy atom. The van der Waals surface area contributed by atoms with Gasteiger partial charge in [-0.25, -0.2) is 0 Å². The second kappa shape index (κ2) is 6.41. The third kappa shape index (κ3) is 3.61. The Hall–Kier alpha value is -2.33. The Morgan fingerprint density at radius 2 is 1.90 bits per heavy atom. The van der Waals surface area contributed by atoms with Crippen LogP contribution in [-0.2, 0) is 16.1 Å². The lowest BCUT2D eigenvalue weighted by Gasteiger charge is -2.10. The molecule has 1 aliphatic heterocycles. The molecule has 0 amide bonds. The minimum absolute atomic E-state index is 0.160. The molecule has 108 valence electrons. The largest absolute Gasteiger partial charge is 0.464 e. The van der Waals surface area contributed by atoms with Gasteiger partial charge < -0.3 is 14.8 Å². The number of rotatable bonds is 5. The van der Waals surface area contributed by atoms with E-state index in [1.54, 1.807) is 0 Å². The van der Waals surface area contributed by atoms with Gasteiger partial charge >= 0.3 is 5.97 Å². The molecule has 1 atom stereocenters. The van der Waals surface area contributed by atoms with Crippen LogP contribution in [0.3, 0.4) is 0 Å². The summed E-state index contributed by atoms with van der Waals surface area (Å²) >= 11 is 0. The van der Waals surface area contributed by atoms with Gasteiger partial charge in [0.25, 0.3) is 0 Å². The molecule has 1 aliphatic rings. The summed E-state index contributed by atoms with van der Waals surface area (Å²) < 4.78 is 10.7. The van der Waals surface area contributed by atoms with Gasteiger partial charge in [-0.15, -0.1) is 0 Å². The lowest BCUT2D eigenvalue weighted by Crippen LogP contribution is -2.32. The number of carbonyl (C=O) groups excluding carboxylic acids is 1. The summed E-state index contributed by atoms with van der Waals surface area (Å²) in [6.07, 6.45) is 0.735. The molecule has 1 unspecified atom stereocenters. The average molecular weight is 283 g/mol. The molecule has 0 radical (unpaired) electrons. The molecule has 1 saturated heterocycles. The SMILES string of the molecule is O=C1OCCC1NCc1cccc(Oc2ccccc2)c1. The quantitative estimate of drug-likeness (QED) is 0.857. The Balaban J connectivity index is 1.62. The van der Waals surface area contributed by atoms with Crippen molar-refractivity contribution >= 4 is 5.97 Å². The average Bonchev–Trinajstić information content (AvgIpc) is 2.92. The second-order valence-corrected chi connectivity index (χ2v) is 4.95. The van der Waals surface area contributed by atoms with Crippen LogP contribution in [0.4, 0.5) is 0 Å². The van der Waals surface area contributed by atoms with Crippen LogP contribution in [0.2, 0.25) is 0 Å². The maximum atomic E-state index is 11.4. The highest BCUT2D eigenvalue weighted by molar-refractivity contribution is 5.77. The Kier molecular flexibility index (Phi) is 4.17. The normalized spacial score (nSPS) is 17.5. The lowest BCUT2D eigenvalue weighted by atomic mass is 10.2. The minimum Gasteiger partial charge on any atom is -0.464 e. The molecule has 1 heterocycles. The molecule has 21 heavy (non-hydrogen) atoms. The molecule has 4 heteroatoms. The first-order valence-corrected chi connectivity index (χ1v) is 7.03. The van der Waals surface area contributed by atoms with Crippen molar-refractivity contribution in [1.29, 1.82) is 0 Å². The van der Waals surface area contributed by atoms with Gasteiger partial charge in [-0.2, -0.15) is 0 Å². The summed E-state index contributed by atoms with van der Waals surface area (Å²) in [5.74, 6) is 1.43. The van der Waals surface area contributed by atoms with E-state index in [1.807, 2.05) is 54.6 Å². The molecule has 2 aromatic carbocycles. The van der Waals surface area contributed by atoms with Crippen LogP contribution >= 0.6 is 0 Å². The standard InChI is InChI=1S/C17H17NO3/c19-17-16(9-10-20-17)18-12-13-5-4-8-15(11-13)21-14-6-2-1-3-7-14/h1-8,11,16,18H,9-10,12H2. The van der Waals surface area contributed by atoms with E-state index in [0.717, 1.165) is 23.5 Å². The van der Waals surface area contributed by atoms with Crippen molar-refractivity contribution in [2.45, 2.75) is 19.0 Å². The molecule has 0 bridgehead atoms. The molecule has 1 fully saturated rings. The summed E-state index contributed by atoms with van der Waals surface area (Å²) in [6.45, 7) is 1.12. The van der Waals surface area contributed by atoms with E-state index < -0.39 is 0 Å². The fraction of sp³-hybridized carbons (Fsp3) is 0.235. The Labute approximate surface area is 123 Å². The molecule has 1 N–H and O–H groups in total. The molecular formula is C17H17NO3. The molecular weight excluding hydrogens is 266 g/mol.